The first-order valence-corrected chi connectivity index (χ1v) is 11.7. The van der Waals surface area contributed by atoms with Gasteiger partial charge < -0.3 is 15.1 Å². The molecule has 0 amide bonds. The highest BCUT2D eigenvalue weighted by molar-refractivity contribution is 7.89. The fraction of sp³-hybridized carbons (Fsp3) is 0.789. The molecule has 160 valence electrons. The predicted molar refractivity (Wildman–Crippen MR) is 112 cm³/mol. The molecule has 0 aromatic carbocycles. The first-order valence-electron chi connectivity index (χ1n) is 10.1. The van der Waals surface area contributed by atoms with Crippen LogP contribution in [-0.4, -0.2) is 55.1 Å². The summed E-state index contributed by atoms with van der Waals surface area (Å²) >= 11 is 0. The first kappa shape index (κ1) is 22.7. The average molecular weight is 414 g/mol. The van der Waals surface area contributed by atoms with Gasteiger partial charge in [0.05, 0.1) is 11.9 Å². The molecule has 2 heterocycles. The standard InChI is InChI=1S/C19H35N5O3S/c1-6-12-28(25,26)24-10-8-15(9-11-24)23-18(20-7-2)22-14-17-21-13-16(27-17)19(3,4)5/h13,15H,6-12,14H2,1-5H3,(H2,20,22,23). The van der Waals surface area contributed by atoms with E-state index in [0.29, 0.717) is 37.9 Å². The van der Waals surface area contributed by atoms with E-state index in [1.165, 1.54) is 0 Å². The molecule has 1 saturated heterocycles. The number of sulfonamides is 1. The van der Waals surface area contributed by atoms with Crippen molar-refractivity contribution in [2.24, 2.45) is 4.99 Å². The largest absolute Gasteiger partial charge is 0.443 e. The van der Waals surface area contributed by atoms with Crippen LogP contribution in [0.25, 0.3) is 0 Å². The molecule has 1 aliphatic rings. The Kier molecular flexibility index (Phi) is 7.88. The fourth-order valence-electron chi connectivity index (χ4n) is 3.06. The lowest BCUT2D eigenvalue weighted by Crippen LogP contribution is -2.50. The van der Waals surface area contributed by atoms with Crippen molar-refractivity contribution < 1.29 is 12.8 Å². The van der Waals surface area contributed by atoms with Crippen LogP contribution >= 0.6 is 0 Å². The first-order chi connectivity index (χ1) is 13.2. The number of guanidine groups is 1. The van der Waals surface area contributed by atoms with Gasteiger partial charge in [-0.3, -0.25) is 0 Å². The van der Waals surface area contributed by atoms with Crippen LogP contribution in [0.3, 0.4) is 0 Å². The van der Waals surface area contributed by atoms with Crippen LogP contribution in [0.1, 0.15) is 65.5 Å². The molecule has 2 rings (SSSR count). The maximum atomic E-state index is 12.2. The van der Waals surface area contributed by atoms with Gasteiger partial charge in [0.15, 0.2) is 5.96 Å². The number of oxazole rings is 1. The molecule has 0 aliphatic carbocycles. The molecule has 0 saturated carbocycles. The van der Waals surface area contributed by atoms with E-state index in [-0.39, 0.29) is 17.2 Å². The monoisotopic (exact) mass is 413 g/mol. The van der Waals surface area contributed by atoms with Crippen LogP contribution in [0, 0.1) is 0 Å². The van der Waals surface area contributed by atoms with Crippen molar-refractivity contribution in [1.29, 1.82) is 0 Å². The minimum atomic E-state index is -3.11. The molecule has 0 spiro atoms. The molecule has 0 bridgehead atoms. The zero-order chi connectivity index (χ0) is 20.8. The Bertz CT molecular complexity index is 744. The second-order valence-electron chi connectivity index (χ2n) is 8.20. The van der Waals surface area contributed by atoms with Crippen molar-refractivity contribution in [1.82, 2.24) is 19.9 Å². The molecule has 1 fully saturated rings. The summed E-state index contributed by atoms with van der Waals surface area (Å²) < 4.78 is 31.8. The summed E-state index contributed by atoms with van der Waals surface area (Å²) in [4.78, 5) is 8.89. The maximum Gasteiger partial charge on any atom is 0.216 e. The Labute approximate surface area is 169 Å². The number of hydrogen-bond donors (Lipinski definition) is 2. The van der Waals surface area contributed by atoms with Crippen LogP contribution in [0.5, 0.6) is 0 Å². The molecule has 0 atom stereocenters. The molecule has 2 N–H and O–H groups in total. The Morgan fingerprint density at radius 1 is 1.32 bits per heavy atom. The lowest BCUT2D eigenvalue weighted by Gasteiger charge is -2.32. The molecule has 28 heavy (non-hydrogen) atoms. The predicted octanol–water partition coefficient (Wildman–Crippen LogP) is 2.23. The van der Waals surface area contributed by atoms with Crippen LogP contribution in [0.2, 0.25) is 0 Å². The summed E-state index contributed by atoms with van der Waals surface area (Å²) in [6.07, 6.45) is 3.94. The molecule has 1 aromatic heterocycles. The van der Waals surface area contributed by atoms with Gasteiger partial charge in [0.1, 0.15) is 12.3 Å². The van der Waals surface area contributed by atoms with E-state index in [1.54, 1.807) is 10.5 Å². The summed E-state index contributed by atoms with van der Waals surface area (Å²) in [6, 6.07) is 0.195. The average Bonchev–Trinajstić information content (AvgIpc) is 3.10. The highest BCUT2D eigenvalue weighted by Crippen LogP contribution is 2.22. The van der Waals surface area contributed by atoms with Gasteiger partial charge in [-0.2, -0.15) is 0 Å². The van der Waals surface area contributed by atoms with Gasteiger partial charge in [-0.05, 0) is 26.2 Å². The van der Waals surface area contributed by atoms with E-state index in [0.717, 1.165) is 25.1 Å². The minimum Gasteiger partial charge on any atom is -0.443 e. The van der Waals surface area contributed by atoms with Gasteiger partial charge in [-0.25, -0.2) is 22.7 Å². The van der Waals surface area contributed by atoms with Crippen molar-refractivity contribution in [3.63, 3.8) is 0 Å². The zero-order valence-electron chi connectivity index (χ0n) is 17.8. The third-order valence-corrected chi connectivity index (χ3v) is 6.74. The fourth-order valence-corrected chi connectivity index (χ4v) is 4.60. The van der Waals surface area contributed by atoms with Gasteiger partial charge in [0.2, 0.25) is 15.9 Å². The highest BCUT2D eigenvalue weighted by Gasteiger charge is 2.27. The van der Waals surface area contributed by atoms with Gasteiger partial charge in [-0.15, -0.1) is 0 Å². The molecule has 8 nitrogen and oxygen atoms in total. The molecule has 1 aromatic rings. The Morgan fingerprint density at radius 3 is 2.54 bits per heavy atom. The molecular weight excluding hydrogens is 378 g/mol. The molecule has 1 aliphatic heterocycles. The van der Waals surface area contributed by atoms with Crippen LogP contribution in [0.15, 0.2) is 15.6 Å². The number of nitrogens with zero attached hydrogens (tertiary/aromatic N) is 3. The number of nitrogens with one attached hydrogen (secondary N) is 2. The minimum absolute atomic E-state index is 0.0796. The lowest BCUT2D eigenvalue weighted by molar-refractivity contribution is 0.306. The highest BCUT2D eigenvalue weighted by atomic mass is 32.2. The third-order valence-electron chi connectivity index (χ3n) is 4.66. The van der Waals surface area contributed by atoms with E-state index in [4.69, 9.17) is 4.42 Å². The SMILES string of the molecule is CCCS(=O)(=O)N1CCC(NC(=NCc2ncc(C(C)(C)C)o2)NCC)CC1. The topological polar surface area (TPSA) is 99.8 Å². The van der Waals surface area contributed by atoms with Gasteiger partial charge in [0.25, 0.3) is 0 Å². The van der Waals surface area contributed by atoms with E-state index >= 15 is 0 Å². The van der Waals surface area contributed by atoms with Crippen molar-refractivity contribution >= 4 is 16.0 Å². The Hall–Kier alpha value is -1.61. The van der Waals surface area contributed by atoms with Crippen molar-refractivity contribution in [3.8, 4) is 0 Å². The number of rotatable bonds is 7. The molecular formula is C19H35N5O3S. The van der Waals surface area contributed by atoms with Gasteiger partial charge in [0, 0.05) is 31.1 Å². The summed E-state index contributed by atoms with van der Waals surface area (Å²) in [5.74, 6) is 2.36. The summed E-state index contributed by atoms with van der Waals surface area (Å²) in [5, 5.41) is 6.65. The number of aliphatic imine (C=N–C) groups is 1. The normalized spacial score (nSPS) is 17.7. The Balaban J connectivity index is 1.92. The smallest absolute Gasteiger partial charge is 0.216 e. The van der Waals surface area contributed by atoms with Crippen molar-refractivity contribution in [2.45, 2.75) is 71.9 Å². The van der Waals surface area contributed by atoms with Crippen LogP contribution in [-0.2, 0) is 22.0 Å². The molecule has 0 unspecified atom stereocenters. The second kappa shape index (κ2) is 9.73. The lowest BCUT2D eigenvalue weighted by atomic mass is 9.94. The van der Waals surface area contributed by atoms with Gasteiger partial charge >= 0.3 is 0 Å². The summed E-state index contributed by atoms with van der Waals surface area (Å²) in [6.45, 7) is 12.4. The van der Waals surface area contributed by atoms with Gasteiger partial charge in [-0.1, -0.05) is 27.7 Å². The quantitative estimate of drug-likeness (QED) is 0.525. The summed E-state index contributed by atoms with van der Waals surface area (Å²) in [7, 11) is -3.11. The number of aromatic nitrogens is 1. The zero-order valence-corrected chi connectivity index (χ0v) is 18.6. The van der Waals surface area contributed by atoms with E-state index in [1.807, 2.05) is 13.8 Å². The Morgan fingerprint density at radius 2 is 2.00 bits per heavy atom. The number of hydrogen-bond acceptors (Lipinski definition) is 5. The summed E-state index contributed by atoms with van der Waals surface area (Å²) in [5.41, 5.74) is -0.0796. The van der Waals surface area contributed by atoms with Crippen LogP contribution < -0.4 is 10.6 Å². The molecule has 0 radical (unpaired) electrons. The maximum absolute atomic E-state index is 12.2. The third kappa shape index (κ3) is 6.48. The number of piperidine rings is 1. The van der Waals surface area contributed by atoms with E-state index in [9.17, 15) is 8.42 Å². The van der Waals surface area contributed by atoms with Crippen LogP contribution in [0.4, 0.5) is 0 Å². The van der Waals surface area contributed by atoms with E-state index in [2.05, 4.69) is 41.4 Å². The second-order valence-corrected chi connectivity index (χ2v) is 10.3. The van der Waals surface area contributed by atoms with Crippen molar-refractivity contribution in [3.05, 3.63) is 17.8 Å². The van der Waals surface area contributed by atoms with E-state index < -0.39 is 10.0 Å². The molecule has 9 heteroatoms. The van der Waals surface area contributed by atoms with Crippen molar-refractivity contribution in [2.75, 3.05) is 25.4 Å².